The lowest BCUT2D eigenvalue weighted by Gasteiger charge is -2.44. The molecule has 1 aromatic heterocycles. The summed E-state index contributed by atoms with van der Waals surface area (Å²) in [7, 11) is 0. The van der Waals surface area contributed by atoms with E-state index in [0.717, 1.165) is 37.9 Å². The average molecular weight is 369 g/mol. The van der Waals surface area contributed by atoms with E-state index in [2.05, 4.69) is 20.4 Å². The minimum Gasteiger partial charge on any atom is -0.391 e. The van der Waals surface area contributed by atoms with Gasteiger partial charge in [-0.3, -0.25) is 14.7 Å². The quantitative estimate of drug-likeness (QED) is 0.731. The second kappa shape index (κ2) is 6.31. The van der Waals surface area contributed by atoms with Crippen LogP contribution in [-0.4, -0.2) is 70.3 Å². The van der Waals surface area contributed by atoms with Crippen LogP contribution in [0.25, 0.3) is 10.9 Å². The predicted molar refractivity (Wildman–Crippen MR) is 99.5 cm³/mol. The first-order valence-corrected chi connectivity index (χ1v) is 9.58. The maximum Gasteiger partial charge on any atom is 0.272 e. The first-order chi connectivity index (χ1) is 13.1. The van der Waals surface area contributed by atoms with Crippen molar-refractivity contribution in [2.75, 3.05) is 31.1 Å². The molecule has 2 bridgehead atoms. The molecule has 142 valence electrons. The highest BCUT2D eigenvalue weighted by atomic mass is 16.3. The van der Waals surface area contributed by atoms with Crippen molar-refractivity contribution in [3.63, 3.8) is 0 Å². The van der Waals surface area contributed by atoms with Crippen LogP contribution in [0.2, 0.25) is 0 Å². The third-order valence-corrected chi connectivity index (χ3v) is 6.15. The second-order valence-corrected chi connectivity index (χ2v) is 7.88. The summed E-state index contributed by atoms with van der Waals surface area (Å²) >= 11 is 0. The van der Waals surface area contributed by atoms with Crippen LogP contribution < -0.4 is 10.2 Å². The molecule has 4 aliphatic heterocycles. The summed E-state index contributed by atoms with van der Waals surface area (Å²) in [5, 5.41) is 20.7. The Bertz CT molecular complexity index is 902. The molecule has 4 fully saturated rings. The number of H-pyrrole nitrogens is 1. The molecular formula is C19H23N5O3. The van der Waals surface area contributed by atoms with E-state index in [-0.39, 0.29) is 24.3 Å². The number of nitrogens with one attached hydrogen (secondary N) is 2. The number of fused-ring (bicyclic) bond motifs is 4. The highest BCUT2D eigenvalue weighted by Gasteiger charge is 2.35. The van der Waals surface area contributed by atoms with Gasteiger partial charge in [0.25, 0.3) is 5.91 Å². The molecule has 2 amide bonds. The fourth-order valence-corrected chi connectivity index (χ4v) is 4.65. The molecule has 2 aromatic rings. The Morgan fingerprint density at radius 3 is 2.74 bits per heavy atom. The van der Waals surface area contributed by atoms with Gasteiger partial charge in [0.2, 0.25) is 5.91 Å². The fourth-order valence-electron chi connectivity index (χ4n) is 4.65. The molecule has 8 nitrogen and oxygen atoms in total. The zero-order valence-corrected chi connectivity index (χ0v) is 15.0. The Balaban J connectivity index is 1.36. The topological polar surface area (TPSA) is 102 Å². The number of aromatic nitrogens is 2. The molecule has 2 atom stereocenters. The number of nitrogens with zero attached hydrogens (tertiary/aromatic N) is 3. The molecule has 3 N–H and O–H groups in total. The van der Waals surface area contributed by atoms with Crippen LogP contribution in [0, 0.1) is 5.92 Å². The van der Waals surface area contributed by atoms with E-state index in [1.165, 1.54) is 0 Å². The number of hydrogen-bond acceptors (Lipinski definition) is 5. The van der Waals surface area contributed by atoms with E-state index >= 15 is 0 Å². The number of aliphatic hydroxyl groups excluding tert-OH is 1. The van der Waals surface area contributed by atoms with Crippen molar-refractivity contribution in [1.29, 1.82) is 0 Å². The molecule has 0 unspecified atom stereocenters. The molecular weight excluding hydrogens is 346 g/mol. The van der Waals surface area contributed by atoms with E-state index < -0.39 is 6.10 Å². The Morgan fingerprint density at radius 1 is 1.26 bits per heavy atom. The van der Waals surface area contributed by atoms with Gasteiger partial charge in [0.1, 0.15) is 0 Å². The lowest BCUT2D eigenvalue weighted by molar-refractivity contribution is -0.117. The molecule has 0 aliphatic carbocycles. The van der Waals surface area contributed by atoms with Crippen LogP contribution in [-0.2, 0) is 4.79 Å². The summed E-state index contributed by atoms with van der Waals surface area (Å²) < 4.78 is 0. The number of aromatic amines is 1. The maximum atomic E-state index is 12.8. The molecule has 4 saturated heterocycles. The van der Waals surface area contributed by atoms with Crippen LogP contribution in [0.4, 0.5) is 5.69 Å². The van der Waals surface area contributed by atoms with Crippen molar-refractivity contribution in [3.8, 4) is 0 Å². The Hall–Kier alpha value is -2.45. The second-order valence-electron chi connectivity index (χ2n) is 7.88. The van der Waals surface area contributed by atoms with Gasteiger partial charge in [-0.05, 0) is 50.0 Å². The number of carbonyl (C=O) groups is 2. The van der Waals surface area contributed by atoms with Crippen LogP contribution in [0.15, 0.2) is 18.2 Å². The third-order valence-electron chi connectivity index (χ3n) is 6.15. The first kappa shape index (κ1) is 16.7. The van der Waals surface area contributed by atoms with Gasteiger partial charge in [-0.15, -0.1) is 0 Å². The number of carbonyl (C=O) groups excluding carboxylic acids is 2. The summed E-state index contributed by atoms with van der Waals surface area (Å²) in [5.74, 6) is 0.311. The predicted octanol–water partition coefficient (Wildman–Crippen LogP) is 0.485. The molecule has 0 saturated carbocycles. The average Bonchev–Trinajstić information content (AvgIpc) is 3.24. The summed E-state index contributed by atoms with van der Waals surface area (Å²) in [6.45, 7) is 3.48. The molecule has 1 aromatic carbocycles. The fraction of sp³-hybridized carbons (Fsp3) is 0.526. The summed E-state index contributed by atoms with van der Waals surface area (Å²) in [4.78, 5) is 28.8. The van der Waals surface area contributed by atoms with Crippen molar-refractivity contribution in [1.82, 2.24) is 20.4 Å². The molecule has 6 rings (SSSR count). The molecule has 8 heteroatoms. The lowest BCUT2D eigenvalue weighted by Crippen LogP contribution is -2.57. The van der Waals surface area contributed by atoms with Crippen LogP contribution in [0.3, 0.4) is 0 Å². The van der Waals surface area contributed by atoms with Gasteiger partial charge in [-0.1, -0.05) is 0 Å². The van der Waals surface area contributed by atoms with Gasteiger partial charge in [-0.2, -0.15) is 5.10 Å². The third kappa shape index (κ3) is 2.89. The van der Waals surface area contributed by atoms with E-state index in [0.29, 0.717) is 29.4 Å². The lowest BCUT2D eigenvalue weighted by atomic mass is 9.84. The van der Waals surface area contributed by atoms with Gasteiger partial charge in [-0.25, -0.2) is 0 Å². The monoisotopic (exact) mass is 369 g/mol. The molecule has 4 aliphatic rings. The molecule has 5 heterocycles. The van der Waals surface area contributed by atoms with E-state index in [1.807, 2.05) is 12.1 Å². The number of piperidine rings is 3. The number of amides is 2. The Labute approximate surface area is 156 Å². The zero-order chi connectivity index (χ0) is 18.5. The number of hydrogen-bond donors (Lipinski definition) is 3. The summed E-state index contributed by atoms with van der Waals surface area (Å²) in [6, 6.07) is 5.62. The highest BCUT2D eigenvalue weighted by Crippen LogP contribution is 2.29. The van der Waals surface area contributed by atoms with Gasteiger partial charge in [0.05, 0.1) is 24.6 Å². The summed E-state index contributed by atoms with van der Waals surface area (Å²) in [5.41, 5.74) is 1.80. The number of rotatable bonds is 3. The Morgan fingerprint density at radius 2 is 2.07 bits per heavy atom. The highest BCUT2D eigenvalue weighted by molar-refractivity contribution is 6.06. The van der Waals surface area contributed by atoms with Gasteiger partial charge >= 0.3 is 0 Å². The van der Waals surface area contributed by atoms with E-state index in [1.54, 1.807) is 11.0 Å². The smallest absolute Gasteiger partial charge is 0.272 e. The van der Waals surface area contributed by atoms with Crippen molar-refractivity contribution < 1.29 is 14.7 Å². The Kier molecular flexibility index (Phi) is 3.91. The minimum atomic E-state index is -0.627. The number of benzene rings is 1. The standard InChI is InChI=1S/C19H23N5O3/c25-13-8-17(26)24(9-13)12-1-2-14-15(7-12)21-22-18(14)19(27)20-16-10-23-5-3-11(16)4-6-23/h1-2,7,11,13,16,25H,3-6,8-10H2,(H,20,27)(H,21,22)/t13-,16+/m0/s1. The molecule has 0 spiro atoms. The van der Waals surface area contributed by atoms with Gasteiger partial charge in [0.15, 0.2) is 5.69 Å². The van der Waals surface area contributed by atoms with Gasteiger partial charge < -0.3 is 20.2 Å². The normalized spacial score (nSPS) is 30.3. The summed E-state index contributed by atoms with van der Waals surface area (Å²) in [6.07, 6.45) is 1.81. The maximum absolute atomic E-state index is 12.8. The van der Waals surface area contributed by atoms with Crippen molar-refractivity contribution in [2.45, 2.75) is 31.4 Å². The number of aliphatic hydroxyl groups is 1. The van der Waals surface area contributed by atoms with Crippen molar-refractivity contribution in [2.24, 2.45) is 5.92 Å². The SMILES string of the molecule is O=C(N[C@@H]1CN2CCC1CC2)c1n[nH]c2cc(N3C[C@@H](O)CC3=O)ccc12. The van der Waals surface area contributed by atoms with Crippen molar-refractivity contribution >= 4 is 28.4 Å². The van der Waals surface area contributed by atoms with Crippen molar-refractivity contribution in [3.05, 3.63) is 23.9 Å². The van der Waals surface area contributed by atoms with Gasteiger partial charge in [0, 0.05) is 23.7 Å². The zero-order valence-electron chi connectivity index (χ0n) is 15.0. The van der Waals surface area contributed by atoms with Crippen LogP contribution in [0.5, 0.6) is 0 Å². The molecule has 27 heavy (non-hydrogen) atoms. The number of β-amino-alcohol motifs (C(OH)–C–C–N with tert-alkyl or cyclic N) is 1. The van der Waals surface area contributed by atoms with Crippen LogP contribution in [0.1, 0.15) is 29.8 Å². The molecule has 0 radical (unpaired) electrons. The first-order valence-electron chi connectivity index (χ1n) is 9.58. The largest absolute Gasteiger partial charge is 0.391 e. The van der Waals surface area contributed by atoms with Crippen LogP contribution >= 0.6 is 0 Å². The van der Waals surface area contributed by atoms with E-state index in [9.17, 15) is 14.7 Å². The number of anilines is 1. The minimum absolute atomic E-state index is 0.0957. The van der Waals surface area contributed by atoms with E-state index in [4.69, 9.17) is 0 Å².